The molecule has 0 unspecified atom stereocenters. The maximum Gasteiger partial charge on any atom is 0.243 e. The van der Waals surface area contributed by atoms with Crippen molar-refractivity contribution in [3.8, 4) is 0 Å². The van der Waals surface area contributed by atoms with Crippen LogP contribution < -0.4 is 4.72 Å². The fourth-order valence-corrected chi connectivity index (χ4v) is 3.88. The van der Waals surface area contributed by atoms with Crippen LogP contribution in [0.5, 0.6) is 0 Å². The first kappa shape index (κ1) is 16.3. The van der Waals surface area contributed by atoms with E-state index in [1.165, 1.54) is 6.92 Å². The van der Waals surface area contributed by atoms with Gasteiger partial charge in [-0.3, -0.25) is 4.90 Å². The second-order valence-corrected chi connectivity index (χ2v) is 7.04. The number of sulfonamides is 1. The summed E-state index contributed by atoms with van der Waals surface area (Å²) < 4.78 is 53.7. The Kier molecular flexibility index (Phi) is 4.95. The first-order chi connectivity index (χ1) is 9.85. The van der Waals surface area contributed by atoms with Gasteiger partial charge >= 0.3 is 0 Å². The summed E-state index contributed by atoms with van der Waals surface area (Å²) in [7, 11) is -3.97. The highest BCUT2D eigenvalue weighted by Gasteiger charge is 2.26. The number of likely N-dealkylation sites (tertiary alicyclic amines) is 1. The quantitative estimate of drug-likeness (QED) is 0.904. The predicted molar refractivity (Wildman–Crippen MR) is 76.6 cm³/mol. The van der Waals surface area contributed by atoms with Gasteiger partial charge in [0.25, 0.3) is 0 Å². The SMILES string of the molecule is CCN1CCC[C@@H]1CNS(=O)(=O)c1cc(C)c(F)cc1F. The number of aryl methyl sites for hydroxylation is 1. The molecule has 0 saturated carbocycles. The molecule has 1 saturated heterocycles. The van der Waals surface area contributed by atoms with E-state index in [-0.39, 0.29) is 18.2 Å². The van der Waals surface area contributed by atoms with Crippen LogP contribution in [0, 0.1) is 18.6 Å². The van der Waals surface area contributed by atoms with Crippen LogP contribution >= 0.6 is 0 Å². The number of hydrogen-bond acceptors (Lipinski definition) is 3. The predicted octanol–water partition coefficient (Wildman–Crippen LogP) is 2.04. The molecule has 21 heavy (non-hydrogen) atoms. The lowest BCUT2D eigenvalue weighted by atomic mass is 10.2. The number of halogens is 2. The first-order valence-corrected chi connectivity index (χ1v) is 8.53. The van der Waals surface area contributed by atoms with Crippen LogP contribution in [0.3, 0.4) is 0 Å². The second-order valence-electron chi connectivity index (χ2n) is 5.31. The molecule has 0 bridgehead atoms. The number of nitrogens with zero attached hydrogens (tertiary/aromatic N) is 1. The van der Waals surface area contributed by atoms with E-state index in [0.717, 1.165) is 32.0 Å². The van der Waals surface area contributed by atoms with Crippen molar-refractivity contribution in [2.75, 3.05) is 19.6 Å². The number of likely N-dealkylation sites (N-methyl/N-ethyl adjacent to an activating group) is 1. The summed E-state index contributed by atoms with van der Waals surface area (Å²) in [6.07, 6.45) is 1.95. The van der Waals surface area contributed by atoms with Crippen molar-refractivity contribution in [1.82, 2.24) is 9.62 Å². The van der Waals surface area contributed by atoms with Crippen molar-refractivity contribution in [2.24, 2.45) is 0 Å². The maximum absolute atomic E-state index is 13.7. The smallest absolute Gasteiger partial charge is 0.243 e. The Morgan fingerprint density at radius 2 is 2.05 bits per heavy atom. The molecule has 1 heterocycles. The van der Waals surface area contributed by atoms with E-state index in [1.54, 1.807) is 0 Å². The van der Waals surface area contributed by atoms with Gasteiger partial charge in [0.1, 0.15) is 16.5 Å². The summed E-state index contributed by atoms with van der Waals surface area (Å²) >= 11 is 0. The average Bonchev–Trinajstić information content (AvgIpc) is 2.88. The molecule has 1 fully saturated rings. The summed E-state index contributed by atoms with van der Waals surface area (Å²) in [6, 6.07) is 1.77. The molecule has 1 aromatic carbocycles. The van der Waals surface area contributed by atoms with Gasteiger partial charge in [-0.15, -0.1) is 0 Å². The summed E-state index contributed by atoms with van der Waals surface area (Å²) in [4.78, 5) is 1.69. The third-order valence-corrected chi connectivity index (χ3v) is 5.36. The Hall–Kier alpha value is -1.05. The largest absolute Gasteiger partial charge is 0.299 e. The lowest BCUT2D eigenvalue weighted by molar-refractivity contribution is 0.268. The van der Waals surface area contributed by atoms with Gasteiger partial charge < -0.3 is 0 Å². The average molecular weight is 318 g/mol. The van der Waals surface area contributed by atoms with E-state index in [9.17, 15) is 17.2 Å². The first-order valence-electron chi connectivity index (χ1n) is 7.04. The van der Waals surface area contributed by atoms with E-state index < -0.39 is 26.6 Å². The fourth-order valence-electron chi connectivity index (χ4n) is 2.66. The monoisotopic (exact) mass is 318 g/mol. The molecule has 0 radical (unpaired) electrons. The Bertz CT molecular complexity index is 620. The number of hydrogen-bond donors (Lipinski definition) is 1. The lowest BCUT2D eigenvalue weighted by Gasteiger charge is -2.22. The van der Waals surface area contributed by atoms with Crippen LogP contribution in [-0.2, 0) is 10.0 Å². The molecule has 4 nitrogen and oxygen atoms in total. The molecule has 7 heteroatoms. The van der Waals surface area contributed by atoms with E-state index in [4.69, 9.17) is 0 Å². The molecule has 1 aliphatic heterocycles. The summed E-state index contributed by atoms with van der Waals surface area (Å²) in [5.74, 6) is -1.82. The van der Waals surface area contributed by atoms with Crippen molar-refractivity contribution in [3.63, 3.8) is 0 Å². The van der Waals surface area contributed by atoms with Crippen molar-refractivity contribution in [3.05, 3.63) is 29.3 Å². The van der Waals surface area contributed by atoms with Crippen LogP contribution in [0.4, 0.5) is 8.78 Å². The zero-order valence-electron chi connectivity index (χ0n) is 12.2. The van der Waals surface area contributed by atoms with Gasteiger partial charge in [-0.25, -0.2) is 21.9 Å². The molecular weight excluding hydrogens is 298 g/mol. The zero-order valence-corrected chi connectivity index (χ0v) is 13.0. The summed E-state index contributed by atoms with van der Waals surface area (Å²) in [6.45, 7) is 5.48. The minimum atomic E-state index is -3.97. The number of nitrogens with one attached hydrogen (secondary N) is 1. The van der Waals surface area contributed by atoms with Crippen LogP contribution in [0.15, 0.2) is 17.0 Å². The van der Waals surface area contributed by atoms with Crippen molar-refractivity contribution < 1.29 is 17.2 Å². The van der Waals surface area contributed by atoms with Crippen LogP contribution in [0.25, 0.3) is 0 Å². The normalized spacial score (nSPS) is 20.1. The molecule has 0 aliphatic carbocycles. The van der Waals surface area contributed by atoms with Gasteiger partial charge in [-0.2, -0.15) is 0 Å². The number of rotatable bonds is 5. The molecule has 1 aliphatic rings. The van der Waals surface area contributed by atoms with E-state index in [1.807, 2.05) is 6.92 Å². The van der Waals surface area contributed by atoms with Crippen molar-refractivity contribution in [1.29, 1.82) is 0 Å². The molecular formula is C14H20F2N2O2S. The van der Waals surface area contributed by atoms with E-state index in [2.05, 4.69) is 9.62 Å². The number of benzene rings is 1. The molecule has 1 atom stereocenters. The molecule has 118 valence electrons. The van der Waals surface area contributed by atoms with Gasteiger partial charge in [0.2, 0.25) is 10.0 Å². The zero-order chi connectivity index (χ0) is 15.6. The Balaban J connectivity index is 2.14. The Morgan fingerprint density at radius 3 is 2.71 bits per heavy atom. The fraction of sp³-hybridized carbons (Fsp3) is 0.571. The summed E-state index contributed by atoms with van der Waals surface area (Å²) in [5.41, 5.74) is 0.104. The molecule has 2 rings (SSSR count). The molecule has 1 N–H and O–H groups in total. The van der Waals surface area contributed by atoms with Gasteiger partial charge in [-0.05, 0) is 44.5 Å². The van der Waals surface area contributed by atoms with E-state index in [0.29, 0.717) is 6.07 Å². The Labute approximate surface area is 124 Å². The highest BCUT2D eigenvalue weighted by Crippen LogP contribution is 2.20. The van der Waals surface area contributed by atoms with E-state index >= 15 is 0 Å². The topological polar surface area (TPSA) is 49.4 Å². The third kappa shape index (κ3) is 3.59. The van der Waals surface area contributed by atoms with Crippen LogP contribution in [0.1, 0.15) is 25.3 Å². The van der Waals surface area contributed by atoms with Crippen LogP contribution in [-0.4, -0.2) is 39.0 Å². The highest BCUT2D eigenvalue weighted by molar-refractivity contribution is 7.89. The minimum absolute atomic E-state index is 0.104. The molecule has 0 amide bonds. The second kappa shape index (κ2) is 6.37. The minimum Gasteiger partial charge on any atom is -0.299 e. The molecule has 0 aromatic heterocycles. The van der Waals surface area contributed by atoms with Crippen molar-refractivity contribution >= 4 is 10.0 Å². The Morgan fingerprint density at radius 1 is 1.33 bits per heavy atom. The van der Waals surface area contributed by atoms with Gasteiger partial charge in [-0.1, -0.05) is 6.92 Å². The van der Waals surface area contributed by atoms with Crippen molar-refractivity contribution in [2.45, 2.75) is 37.6 Å². The maximum atomic E-state index is 13.7. The van der Waals surface area contributed by atoms with Crippen LogP contribution in [0.2, 0.25) is 0 Å². The molecule has 0 spiro atoms. The van der Waals surface area contributed by atoms with Gasteiger partial charge in [0.15, 0.2) is 0 Å². The van der Waals surface area contributed by atoms with Gasteiger partial charge in [0.05, 0.1) is 0 Å². The summed E-state index contributed by atoms with van der Waals surface area (Å²) in [5, 5.41) is 0. The molecule has 1 aromatic rings. The lowest BCUT2D eigenvalue weighted by Crippen LogP contribution is -2.40. The third-order valence-electron chi connectivity index (χ3n) is 3.92. The highest BCUT2D eigenvalue weighted by atomic mass is 32.2. The van der Waals surface area contributed by atoms with Gasteiger partial charge in [0, 0.05) is 18.7 Å². The standard InChI is InChI=1S/C14H20F2N2O2S/c1-3-18-6-4-5-11(18)9-17-21(19,20)14-7-10(2)12(15)8-13(14)16/h7-8,11,17H,3-6,9H2,1-2H3/t11-/m1/s1.